The Labute approximate surface area is 111 Å². The van der Waals surface area contributed by atoms with Crippen LogP contribution in [0.4, 0.5) is 0 Å². The molecule has 0 aromatic carbocycles. The van der Waals surface area contributed by atoms with Crippen molar-refractivity contribution in [2.75, 3.05) is 20.3 Å². The van der Waals surface area contributed by atoms with Crippen molar-refractivity contribution in [3.8, 4) is 0 Å². The Bertz CT molecular complexity index is 601. The topological polar surface area (TPSA) is 86.6 Å². The van der Waals surface area contributed by atoms with E-state index >= 15 is 0 Å². The summed E-state index contributed by atoms with van der Waals surface area (Å²) in [6.07, 6.45) is 1.37. The second kappa shape index (κ2) is 4.62. The molecule has 7 nitrogen and oxygen atoms in total. The Hall–Kier alpha value is -1.38. The summed E-state index contributed by atoms with van der Waals surface area (Å²) >= 11 is 0. The lowest BCUT2D eigenvalue weighted by Gasteiger charge is -2.38. The largest absolute Gasteiger partial charge is 0.464 e. The molecule has 1 aliphatic rings. The van der Waals surface area contributed by atoms with Crippen LogP contribution in [0, 0.1) is 0 Å². The zero-order chi connectivity index (χ0) is 14.3. The van der Waals surface area contributed by atoms with E-state index in [9.17, 15) is 13.2 Å². The molecule has 8 heteroatoms. The monoisotopic (exact) mass is 288 g/mol. The Morgan fingerprint density at radius 3 is 2.63 bits per heavy atom. The van der Waals surface area contributed by atoms with Gasteiger partial charge in [0.1, 0.15) is 10.6 Å². The number of aromatic nitrogens is 1. The van der Waals surface area contributed by atoms with E-state index in [1.807, 2.05) is 0 Å². The van der Waals surface area contributed by atoms with E-state index in [1.54, 1.807) is 14.0 Å². The molecule has 19 heavy (non-hydrogen) atoms. The van der Waals surface area contributed by atoms with Crippen molar-refractivity contribution in [1.29, 1.82) is 0 Å². The van der Waals surface area contributed by atoms with Crippen molar-refractivity contribution >= 4 is 16.0 Å². The van der Waals surface area contributed by atoms with Crippen LogP contribution in [0.15, 0.2) is 17.2 Å². The molecular weight excluding hydrogens is 272 g/mol. The second-order valence-corrected chi connectivity index (χ2v) is 6.50. The number of aryl methyl sites for hydroxylation is 1. The number of nitrogens with one attached hydrogen (secondary N) is 1. The molecule has 1 N–H and O–H groups in total. The van der Waals surface area contributed by atoms with Crippen molar-refractivity contribution in [3.63, 3.8) is 0 Å². The van der Waals surface area contributed by atoms with E-state index in [-0.39, 0.29) is 10.6 Å². The van der Waals surface area contributed by atoms with E-state index in [0.29, 0.717) is 13.2 Å². The van der Waals surface area contributed by atoms with Crippen LogP contribution in [0.5, 0.6) is 0 Å². The maximum atomic E-state index is 12.2. The first-order valence-corrected chi connectivity index (χ1v) is 7.12. The molecule has 0 unspecified atom stereocenters. The quantitative estimate of drug-likeness (QED) is 0.781. The Kier molecular flexibility index (Phi) is 3.41. The van der Waals surface area contributed by atoms with E-state index < -0.39 is 21.5 Å². The van der Waals surface area contributed by atoms with Crippen molar-refractivity contribution < 1.29 is 22.7 Å². The fourth-order valence-electron chi connectivity index (χ4n) is 1.84. The average molecular weight is 288 g/mol. The van der Waals surface area contributed by atoms with Gasteiger partial charge in [-0.3, -0.25) is 0 Å². The van der Waals surface area contributed by atoms with Gasteiger partial charge in [-0.2, -0.15) is 0 Å². The van der Waals surface area contributed by atoms with Crippen molar-refractivity contribution in [2.24, 2.45) is 7.05 Å². The molecule has 1 aromatic heterocycles. The molecule has 0 radical (unpaired) electrons. The molecule has 0 bridgehead atoms. The average Bonchev–Trinajstić information content (AvgIpc) is 2.68. The SMILES string of the molecule is COC(=O)c1cc(S(=O)(=O)NC2(C)COC2)cn1C. The molecule has 1 aliphatic heterocycles. The molecule has 0 aliphatic carbocycles. The van der Waals surface area contributed by atoms with Crippen LogP contribution < -0.4 is 4.72 Å². The minimum Gasteiger partial charge on any atom is -0.464 e. The van der Waals surface area contributed by atoms with Crippen molar-refractivity contribution in [2.45, 2.75) is 17.4 Å². The third-order valence-corrected chi connectivity index (χ3v) is 4.51. The van der Waals surface area contributed by atoms with Gasteiger partial charge in [-0.05, 0) is 13.0 Å². The zero-order valence-electron chi connectivity index (χ0n) is 11.0. The fourth-order valence-corrected chi connectivity index (χ4v) is 3.29. The normalized spacial score (nSPS) is 17.8. The molecule has 1 aromatic rings. The summed E-state index contributed by atoms with van der Waals surface area (Å²) in [6, 6.07) is 1.29. The minimum absolute atomic E-state index is 0.0310. The Morgan fingerprint density at radius 2 is 2.16 bits per heavy atom. The number of sulfonamides is 1. The van der Waals surface area contributed by atoms with Gasteiger partial charge < -0.3 is 14.0 Å². The number of ether oxygens (including phenoxy) is 2. The van der Waals surface area contributed by atoms with Gasteiger partial charge in [-0.15, -0.1) is 0 Å². The van der Waals surface area contributed by atoms with Crippen LogP contribution in [-0.2, 0) is 26.5 Å². The summed E-state index contributed by atoms with van der Waals surface area (Å²) in [5.41, 5.74) is -0.405. The van der Waals surface area contributed by atoms with Gasteiger partial charge in [-0.1, -0.05) is 0 Å². The Morgan fingerprint density at radius 1 is 1.53 bits per heavy atom. The highest BCUT2D eigenvalue weighted by molar-refractivity contribution is 7.89. The summed E-state index contributed by atoms with van der Waals surface area (Å²) in [5.74, 6) is -0.581. The lowest BCUT2D eigenvalue weighted by molar-refractivity contribution is -0.0523. The lowest BCUT2D eigenvalue weighted by atomic mass is 10.0. The maximum absolute atomic E-state index is 12.2. The highest BCUT2D eigenvalue weighted by Gasteiger charge is 2.38. The van der Waals surface area contributed by atoms with Crippen LogP contribution in [-0.4, -0.2) is 44.8 Å². The van der Waals surface area contributed by atoms with Gasteiger partial charge >= 0.3 is 5.97 Å². The molecule has 1 saturated heterocycles. The maximum Gasteiger partial charge on any atom is 0.354 e. The second-order valence-electron chi connectivity index (χ2n) is 4.82. The predicted octanol–water partition coefficient (Wildman–Crippen LogP) is -0.121. The fraction of sp³-hybridized carbons (Fsp3) is 0.545. The minimum atomic E-state index is -3.68. The number of nitrogens with zero attached hydrogens (tertiary/aromatic N) is 1. The predicted molar refractivity (Wildman–Crippen MR) is 66.3 cm³/mol. The van der Waals surface area contributed by atoms with Crippen molar-refractivity contribution in [3.05, 3.63) is 18.0 Å². The van der Waals surface area contributed by atoms with E-state index in [4.69, 9.17) is 4.74 Å². The summed E-state index contributed by atoms with van der Waals surface area (Å²) in [5, 5.41) is 0. The molecule has 2 rings (SSSR count). The smallest absolute Gasteiger partial charge is 0.354 e. The highest BCUT2D eigenvalue weighted by Crippen LogP contribution is 2.21. The number of carbonyl (C=O) groups excluding carboxylic acids is 1. The first-order chi connectivity index (χ1) is 8.77. The summed E-state index contributed by atoms with van der Waals surface area (Å²) in [7, 11) is -0.854. The number of carbonyl (C=O) groups is 1. The molecule has 0 atom stereocenters. The van der Waals surface area contributed by atoms with E-state index in [0.717, 1.165) is 0 Å². The number of rotatable bonds is 4. The summed E-state index contributed by atoms with van der Waals surface area (Å²) < 4.78 is 37.9. The van der Waals surface area contributed by atoms with Gasteiger partial charge in [0.25, 0.3) is 0 Å². The van der Waals surface area contributed by atoms with E-state index in [2.05, 4.69) is 9.46 Å². The van der Waals surface area contributed by atoms with Gasteiger partial charge in [0.15, 0.2) is 0 Å². The number of esters is 1. The third-order valence-electron chi connectivity index (χ3n) is 2.91. The third kappa shape index (κ3) is 2.65. The molecule has 0 saturated carbocycles. The zero-order valence-corrected chi connectivity index (χ0v) is 11.8. The summed E-state index contributed by atoms with van der Waals surface area (Å²) in [4.78, 5) is 11.5. The van der Waals surface area contributed by atoms with Gasteiger partial charge in [0, 0.05) is 13.2 Å². The highest BCUT2D eigenvalue weighted by atomic mass is 32.2. The van der Waals surface area contributed by atoms with Crippen LogP contribution >= 0.6 is 0 Å². The molecular formula is C11H16N2O5S. The first kappa shape index (κ1) is 14.0. The van der Waals surface area contributed by atoms with E-state index in [1.165, 1.54) is 23.9 Å². The van der Waals surface area contributed by atoms with Crippen molar-refractivity contribution in [1.82, 2.24) is 9.29 Å². The summed E-state index contributed by atoms with van der Waals surface area (Å²) in [6.45, 7) is 2.43. The molecule has 2 heterocycles. The Balaban J connectivity index is 2.28. The van der Waals surface area contributed by atoms with Crippen LogP contribution in [0.3, 0.4) is 0 Å². The van der Waals surface area contributed by atoms with Gasteiger partial charge in [-0.25, -0.2) is 17.9 Å². The first-order valence-electron chi connectivity index (χ1n) is 5.64. The number of hydrogen-bond donors (Lipinski definition) is 1. The van der Waals surface area contributed by atoms with Crippen LogP contribution in [0.1, 0.15) is 17.4 Å². The van der Waals surface area contributed by atoms with Crippen LogP contribution in [0.2, 0.25) is 0 Å². The number of methoxy groups -OCH3 is 1. The van der Waals surface area contributed by atoms with Crippen LogP contribution in [0.25, 0.3) is 0 Å². The molecule has 1 fully saturated rings. The molecule has 0 amide bonds. The lowest BCUT2D eigenvalue weighted by Crippen LogP contribution is -2.59. The van der Waals surface area contributed by atoms with Gasteiger partial charge in [0.05, 0.1) is 25.9 Å². The standard InChI is InChI=1S/C11H16N2O5S/c1-11(6-18-7-11)12-19(15,16)8-4-9(10(14)17-3)13(2)5-8/h4-5,12H,6-7H2,1-3H3. The number of hydrogen-bond acceptors (Lipinski definition) is 5. The molecule has 0 spiro atoms. The van der Waals surface area contributed by atoms with Gasteiger partial charge in [0.2, 0.25) is 10.0 Å². The molecule has 106 valence electrons.